The van der Waals surface area contributed by atoms with Gasteiger partial charge in [-0.15, -0.1) is 0 Å². The number of aromatic nitrogens is 2. The van der Waals surface area contributed by atoms with E-state index in [1.165, 1.54) is 10.5 Å². The summed E-state index contributed by atoms with van der Waals surface area (Å²) in [7, 11) is 1.99. The van der Waals surface area contributed by atoms with E-state index in [1.807, 2.05) is 54.6 Å². The van der Waals surface area contributed by atoms with Gasteiger partial charge in [0.2, 0.25) is 6.33 Å². The summed E-state index contributed by atoms with van der Waals surface area (Å²) in [6.45, 7) is 1.08. The number of hydrogen-bond donors (Lipinski definition) is 0. The number of halogens is 1. The van der Waals surface area contributed by atoms with E-state index in [1.54, 1.807) is 24.3 Å². The highest BCUT2D eigenvalue weighted by Gasteiger charge is 2.34. The van der Waals surface area contributed by atoms with Crippen LogP contribution in [0.3, 0.4) is 0 Å². The van der Waals surface area contributed by atoms with Crippen LogP contribution >= 0.6 is 0 Å². The Bertz CT molecular complexity index is 928. The molecule has 1 aliphatic heterocycles. The van der Waals surface area contributed by atoms with Crippen molar-refractivity contribution in [2.45, 2.75) is 13.1 Å². The van der Waals surface area contributed by atoms with Gasteiger partial charge in [-0.05, 0) is 23.3 Å². The fourth-order valence-corrected chi connectivity index (χ4v) is 3.12. The summed E-state index contributed by atoms with van der Waals surface area (Å²) >= 11 is 0. The molecule has 2 heterocycles. The van der Waals surface area contributed by atoms with E-state index in [9.17, 15) is 9.59 Å². The molecule has 1 aromatic heterocycles. The van der Waals surface area contributed by atoms with Crippen LogP contribution < -0.4 is 17.0 Å². The summed E-state index contributed by atoms with van der Waals surface area (Å²) in [4.78, 5) is 26.2. The molecule has 5 nitrogen and oxygen atoms in total. The van der Waals surface area contributed by atoms with Gasteiger partial charge in [0.25, 0.3) is 11.8 Å². The van der Waals surface area contributed by atoms with Crippen LogP contribution in [0.15, 0.2) is 67.3 Å². The Balaban J connectivity index is 0.00000196. The monoisotopic (exact) mass is 367 g/mol. The first-order chi connectivity index (χ1) is 12.1. The molecule has 3 aromatic rings. The second-order valence-corrected chi connectivity index (χ2v) is 6.31. The Morgan fingerprint density at radius 2 is 1.38 bits per heavy atom. The van der Waals surface area contributed by atoms with Gasteiger partial charge in [0.1, 0.15) is 18.9 Å². The van der Waals surface area contributed by atoms with Gasteiger partial charge in [-0.3, -0.25) is 14.5 Å². The summed E-state index contributed by atoms with van der Waals surface area (Å²) < 4.78 is 4.09. The number of fused-ring (bicyclic) bond motifs is 1. The molecule has 2 aromatic carbocycles. The van der Waals surface area contributed by atoms with Crippen LogP contribution in [0.1, 0.15) is 31.8 Å². The summed E-state index contributed by atoms with van der Waals surface area (Å²) in [5, 5.41) is 0. The van der Waals surface area contributed by atoms with Gasteiger partial charge < -0.3 is 12.4 Å². The number of carbonyl (C=O) groups is 2. The second kappa shape index (κ2) is 7.14. The minimum atomic E-state index is -0.218. The Labute approximate surface area is 157 Å². The van der Waals surface area contributed by atoms with Gasteiger partial charge >= 0.3 is 0 Å². The molecule has 0 spiro atoms. The minimum Gasteiger partial charge on any atom is -1.00 e. The van der Waals surface area contributed by atoms with E-state index in [-0.39, 0.29) is 24.2 Å². The molecule has 0 aliphatic carbocycles. The van der Waals surface area contributed by atoms with Crippen molar-refractivity contribution in [2.24, 2.45) is 7.05 Å². The fourth-order valence-electron chi connectivity index (χ4n) is 3.12. The van der Waals surface area contributed by atoms with Crippen molar-refractivity contribution in [3.05, 3.63) is 89.5 Å². The molecular formula is C20H18ClN3O2. The van der Waals surface area contributed by atoms with Crippen LogP contribution in [0.4, 0.5) is 0 Å². The van der Waals surface area contributed by atoms with E-state index in [4.69, 9.17) is 0 Å². The summed E-state index contributed by atoms with van der Waals surface area (Å²) in [5.41, 5.74) is 3.09. The number of imidazole rings is 1. The molecule has 4 rings (SSSR count). The maximum Gasteiger partial charge on any atom is 0.261 e. The van der Waals surface area contributed by atoms with E-state index in [0.717, 1.165) is 12.1 Å². The van der Waals surface area contributed by atoms with Gasteiger partial charge in [0.15, 0.2) is 0 Å². The van der Waals surface area contributed by atoms with E-state index < -0.39 is 0 Å². The number of aryl methyl sites for hydroxylation is 1. The van der Waals surface area contributed by atoms with Crippen molar-refractivity contribution in [3.8, 4) is 0 Å². The number of amides is 2. The molecule has 26 heavy (non-hydrogen) atoms. The highest BCUT2D eigenvalue weighted by molar-refractivity contribution is 6.21. The van der Waals surface area contributed by atoms with Crippen molar-refractivity contribution in [1.82, 2.24) is 9.47 Å². The minimum absolute atomic E-state index is 0. The van der Waals surface area contributed by atoms with Crippen molar-refractivity contribution in [2.75, 3.05) is 0 Å². The molecule has 0 unspecified atom stereocenters. The number of hydrogen-bond acceptors (Lipinski definition) is 2. The summed E-state index contributed by atoms with van der Waals surface area (Å²) in [6.07, 6.45) is 6.04. The van der Waals surface area contributed by atoms with Gasteiger partial charge in [0.05, 0.1) is 24.7 Å². The molecule has 0 bridgehead atoms. The highest BCUT2D eigenvalue weighted by Crippen LogP contribution is 2.24. The number of imide groups is 1. The SMILES string of the molecule is C[n+]1ccn(Cc2ccc(CN3C(=O)c4ccccc4C3=O)cc2)c1.[Cl-]. The molecule has 0 saturated carbocycles. The molecule has 1 aliphatic rings. The van der Waals surface area contributed by atoms with Crippen LogP contribution in [0.2, 0.25) is 0 Å². The topological polar surface area (TPSA) is 46.2 Å². The fraction of sp³-hybridized carbons (Fsp3) is 0.150. The zero-order chi connectivity index (χ0) is 17.4. The smallest absolute Gasteiger partial charge is 0.261 e. The molecule has 6 heteroatoms. The van der Waals surface area contributed by atoms with Crippen LogP contribution in [0.25, 0.3) is 0 Å². The van der Waals surface area contributed by atoms with Crippen LogP contribution in [0, 0.1) is 0 Å². The maximum absolute atomic E-state index is 12.4. The predicted octanol–water partition coefficient (Wildman–Crippen LogP) is -0.839. The zero-order valence-electron chi connectivity index (χ0n) is 14.3. The standard InChI is InChI=1S/C20H18N3O2.ClH/c1-21-10-11-22(14-21)12-15-6-8-16(9-7-15)13-23-19(24)17-4-2-3-5-18(17)20(23)25;/h2-11,14H,12-13H2,1H3;1H/q+1;/p-1. The largest absolute Gasteiger partial charge is 1.00 e. The summed E-state index contributed by atoms with van der Waals surface area (Å²) in [6, 6.07) is 15.0. The normalized spacial score (nSPS) is 12.9. The van der Waals surface area contributed by atoms with Crippen molar-refractivity contribution >= 4 is 11.8 Å². The van der Waals surface area contributed by atoms with E-state index in [2.05, 4.69) is 4.57 Å². The third kappa shape index (κ3) is 3.26. The quantitative estimate of drug-likeness (QED) is 0.446. The Morgan fingerprint density at radius 3 is 1.88 bits per heavy atom. The van der Waals surface area contributed by atoms with Gasteiger partial charge in [-0.2, -0.15) is 0 Å². The molecule has 0 atom stereocenters. The van der Waals surface area contributed by atoms with Gasteiger partial charge in [-0.1, -0.05) is 36.4 Å². The molecule has 132 valence electrons. The third-order valence-electron chi connectivity index (χ3n) is 4.43. The number of nitrogens with zero attached hydrogens (tertiary/aromatic N) is 3. The first-order valence-electron chi connectivity index (χ1n) is 8.16. The first kappa shape index (κ1) is 17.9. The molecule has 0 radical (unpaired) electrons. The second-order valence-electron chi connectivity index (χ2n) is 6.31. The number of rotatable bonds is 4. The number of benzene rings is 2. The van der Waals surface area contributed by atoms with Crippen LogP contribution in [0.5, 0.6) is 0 Å². The Kier molecular flexibility index (Phi) is 4.91. The van der Waals surface area contributed by atoms with Crippen molar-refractivity contribution < 1.29 is 26.6 Å². The van der Waals surface area contributed by atoms with Crippen molar-refractivity contribution in [1.29, 1.82) is 0 Å². The first-order valence-corrected chi connectivity index (χ1v) is 8.16. The lowest BCUT2D eigenvalue weighted by Gasteiger charge is -2.14. The lowest BCUT2D eigenvalue weighted by Crippen LogP contribution is -3.00. The Morgan fingerprint density at radius 1 is 0.846 bits per heavy atom. The van der Waals surface area contributed by atoms with Crippen LogP contribution in [-0.4, -0.2) is 21.3 Å². The van der Waals surface area contributed by atoms with E-state index in [0.29, 0.717) is 17.7 Å². The molecule has 0 saturated heterocycles. The van der Waals surface area contributed by atoms with Crippen LogP contribution in [-0.2, 0) is 20.1 Å². The molecule has 0 N–H and O–H groups in total. The molecule has 0 fully saturated rings. The number of carbonyl (C=O) groups excluding carboxylic acids is 2. The average Bonchev–Trinajstić information content (AvgIpc) is 3.14. The van der Waals surface area contributed by atoms with Gasteiger partial charge in [0, 0.05) is 0 Å². The average molecular weight is 368 g/mol. The zero-order valence-corrected chi connectivity index (χ0v) is 15.1. The van der Waals surface area contributed by atoms with Gasteiger partial charge in [-0.25, -0.2) is 9.13 Å². The lowest BCUT2D eigenvalue weighted by atomic mass is 10.1. The van der Waals surface area contributed by atoms with Crippen molar-refractivity contribution in [3.63, 3.8) is 0 Å². The molecular weight excluding hydrogens is 350 g/mol. The van der Waals surface area contributed by atoms with E-state index >= 15 is 0 Å². The highest BCUT2D eigenvalue weighted by atomic mass is 35.5. The predicted molar refractivity (Wildman–Crippen MR) is 91.8 cm³/mol. The summed E-state index contributed by atoms with van der Waals surface area (Å²) in [5.74, 6) is -0.436. The molecule has 2 amide bonds. The lowest BCUT2D eigenvalue weighted by molar-refractivity contribution is -0.671. The third-order valence-corrected chi connectivity index (χ3v) is 4.43. The maximum atomic E-state index is 12.4. The Hall–Kier alpha value is -2.92.